The highest BCUT2D eigenvalue weighted by Gasteiger charge is 2.15. The number of hydrogen-bond donors (Lipinski definition) is 0. The lowest BCUT2D eigenvalue weighted by Crippen LogP contribution is -2.25. The highest BCUT2D eigenvalue weighted by Crippen LogP contribution is 2.19. The summed E-state index contributed by atoms with van der Waals surface area (Å²) >= 11 is 0. The molecule has 0 aromatic heterocycles. The largest absolute Gasteiger partial charge is 0.306 e. The molecule has 82 valence electrons. The van der Waals surface area contributed by atoms with E-state index in [0.717, 1.165) is 5.92 Å². The second-order valence-corrected chi connectivity index (χ2v) is 4.81. The molecule has 1 atom stereocenters. The molecule has 1 aliphatic rings. The van der Waals surface area contributed by atoms with Crippen molar-refractivity contribution in [1.29, 1.82) is 0 Å². The van der Waals surface area contributed by atoms with Crippen molar-refractivity contribution in [3.63, 3.8) is 0 Å². The Balaban J connectivity index is 1.93. The van der Waals surface area contributed by atoms with E-state index in [4.69, 9.17) is 0 Å². The number of rotatable bonds is 2. The topological polar surface area (TPSA) is 3.24 Å². The van der Waals surface area contributed by atoms with Crippen LogP contribution >= 0.6 is 0 Å². The lowest BCUT2D eigenvalue weighted by molar-refractivity contribution is 0.298. The summed E-state index contributed by atoms with van der Waals surface area (Å²) in [7, 11) is 2.25. The second-order valence-electron chi connectivity index (χ2n) is 4.81. The smallest absolute Gasteiger partial charge is 0.000979 e. The highest BCUT2D eigenvalue weighted by molar-refractivity contribution is 5.15. The van der Waals surface area contributed by atoms with Crippen molar-refractivity contribution in [2.75, 3.05) is 20.1 Å². The summed E-state index contributed by atoms with van der Waals surface area (Å²) in [5.41, 5.74) is 1.50. The van der Waals surface area contributed by atoms with Crippen LogP contribution in [0.15, 0.2) is 30.3 Å². The minimum atomic E-state index is 0.861. The molecule has 0 spiro atoms. The van der Waals surface area contributed by atoms with E-state index >= 15 is 0 Å². The van der Waals surface area contributed by atoms with E-state index < -0.39 is 0 Å². The highest BCUT2D eigenvalue weighted by atomic mass is 15.1. The van der Waals surface area contributed by atoms with Crippen LogP contribution in [0, 0.1) is 5.92 Å². The number of benzene rings is 1. The van der Waals surface area contributed by atoms with Crippen molar-refractivity contribution in [1.82, 2.24) is 4.90 Å². The Kier molecular flexibility index (Phi) is 3.79. The van der Waals surface area contributed by atoms with Crippen LogP contribution in [-0.4, -0.2) is 25.0 Å². The van der Waals surface area contributed by atoms with Crippen LogP contribution in [0.25, 0.3) is 0 Å². The first-order valence-corrected chi connectivity index (χ1v) is 6.07. The average Bonchev–Trinajstić information content (AvgIpc) is 2.44. The van der Waals surface area contributed by atoms with Gasteiger partial charge in [-0.1, -0.05) is 36.8 Å². The zero-order valence-corrected chi connectivity index (χ0v) is 9.65. The van der Waals surface area contributed by atoms with E-state index in [1.807, 2.05) is 0 Å². The molecule has 1 aromatic rings. The van der Waals surface area contributed by atoms with E-state index in [0.29, 0.717) is 0 Å². The van der Waals surface area contributed by atoms with Crippen LogP contribution in [0.2, 0.25) is 0 Å². The van der Waals surface area contributed by atoms with Gasteiger partial charge in [0.25, 0.3) is 0 Å². The van der Waals surface area contributed by atoms with Gasteiger partial charge in [-0.3, -0.25) is 0 Å². The second kappa shape index (κ2) is 5.32. The van der Waals surface area contributed by atoms with Crippen LogP contribution < -0.4 is 0 Å². The van der Waals surface area contributed by atoms with Gasteiger partial charge < -0.3 is 4.90 Å². The molecular weight excluding hydrogens is 182 g/mol. The van der Waals surface area contributed by atoms with Crippen LogP contribution in [0.4, 0.5) is 0 Å². The Morgan fingerprint density at radius 1 is 1.20 bits per heavy atom. The van der Waals surface area contributed by atoms with Gasteiger partial charge >= 0.3 is 0 Å². The van der Waals surface area contributed by atoms with E-state index in [-0.39, 0.29) is 0 Å². The Morgan fingerprint density at radius 2 is 2.00 bits per heavy atom. The van der Waals surface area contributed by atoms with E-state index in [9.17, 15) is 0 Å². The van der Waals surface area contributed by atoms with Crippen molar-refractivity contribution in [3.8, 4) is 0 Å². The molecule has 1 unspecified atom stereocenters. The van der Waals surface area contributed by atoms with Gasteiger partial charge in [0.05, 0.1) is 0 Å². The maximum atomic E-state index is 2.49. The van der Waals surface area contributed by atoms with Crippen molar-refractivity contribution < 1.29 is 0 Å². The van der Waals surface area contributed by atoms with Crippen molar-refractivity contribution in [3.05, 3.63) is 35.9 Å². The monoisotopic (exact) mass is 203 g/mol. The summed E-state index contributed by atoms with van der Waals surface area (Å²) < 4.78 is 0. The molecule has 1 heteroatoms. The fourth-order valence-electron chi connectivity index (χ4n) is 2.55. The standard InChI is InChI=1S/C14H21N/c1-15-10-6-5-9-14(12-15)11-13-7-3-2-4-8-13/h2-4,7-8,14H,5-6,9-12H2,1H3. The minimum Gasteiger partial charge on any atom is -0.306 e. The van der Waals surface area contributed by atoms with Crippen molar-refractivity contribution in [2.45, 2.75) is 25.7 Å². The van der Waals surface area contributed by atoms with Gasteiger partial charge in [0.15, 0.2) is 0 Å². The number of hydrogen-bond acceptors (Lipinski definition) is 1. The van der Waals surface area contributed by atoms with Gasteiger partial charge in [0, 0.05) is 6.54 Å². The Hall–Kier alpha value is -0.820. The molecule has 2 rings (SSSR count). The molecule has 0 bridgehead atoms. The first kappa shape index (κ1) is 10.7. The van der Waals surface area contributed by atoms with Gasteiger partial charge in [-0.25, -0.2) is 0 Å². The van der Waals surface area contributed by atoms with Gasteiger partial charge in [0.2, 0.25) is 0 Å². The Morgan fingerprint density at radius 3 is 2.80 bits per heavy atom. The summed E-state index contributed by atoms with van der Waals surface area (Å²) in [4.78, 5) is 2.49. The van der Waals surface area contributed by atoms with Gasteiger partial charge in [-0.05, 0) is 44.3 Å². The average molecular weight is 203 g/mol. The first-order valence-electron chi connectivity index (χ1n) is 6.07. The molecule has 0 saturated carbocycles. The van der Waals surface area contributed by atoms with Crippen molar-refractivity contribution >= 4 is 0 Å². The third-order valence-corrected chi connectivity index (χ3v) is 3.34. The first-order chi connectivity index (χ1) is 7.34. The van der Waals surface area contributed by atoms with E-state index in [1.54, 1.807) is 0 Å². The molecule has 1 fully saturated rings. The van der Waals surface area contributed by atoms with E-state index in [1.165, 1.54) is 44.3 Å². The summed E-state index contributed by atoms with van der Waals surface area (Å²) in [6.45, 7) is 2.56. The quantitative estimate of drug-likeness (QED) is 0.714. The van der Waals surface area contributed by atoms with Gasteiger partial charge in [-0.15, -0.1) is 0 Å². The third-order valence-electron chi connectivity index (χ3n) is 3.34. The number of likely N-dealkylation sites (tertiary alicyclic amines) is 1. The SMILES string of the molecule is CN1CCCCC(Cc2ccccc2)C1. The predicted molar refractivity (Wildman–Crippen MR) is 65.0 cm³/mol. The lowest BCUT2D eigenvalue weighted by atomic mass is 9.95. The molecule has 0 radical (unpaired) electrons. The predicted octanol–water partition coefficient (Wildman–Crippen LogP) is 2.96. The number of nitrogens with zero attached hydrogens (tertiary/aromatic N) is 1. The zero-order chi connectivity index (χ0) is 10.5. The maximum absolute atomic E-state index is 2.49. The molecule has 1 nitrogen and oxygen atoms in total. The maximum Gasteiger partial charge on any atom is 0.000979 e. The van der Waals surface area contributed by atoms with Crippen LogP contribution in [-0.2, 0) is 6.42 Å². The molecule has 1 aromatic carbocycles. The summed E-state index contributed by atoms with van der Waals surface area (Å²) in [5, 5.41) is 0. The summed E-state index contributed by atoms with van der Waals surface area (Å²) in [6, 6.07) is 10.9. The molecule has 1 saturated heterocycles. The van der Waals surface area contributed by atoms with Crippen LogP contribution in [0.1, 0.15) is 24.8 Å². The van der Waals surface area contributed by atoms with Gasteiger partial charge in [-0.2, -0.15) is 0 Å². The fraction of sp³-hybridized carbons (Fsp3) is 0.571. The molecule has 1 heterocycles. The van der Waals surface area contributed by atoms with Crippen molar-refractivity contribution in [2.24, 2.45) is 5.92 Å². The van der Waals surface area contributed by atoms with Gasteiger partial charge in [0.1, 0.15) is 0 Å². The molecule has 15 heavy (non-hydrogen) atoms. The van der Waals surface area contributed by atoms with Crippen LogP contribution in [0.3, 0.4) is 0 Å². The molecule has 1 aliphatic heterocycles. The van der Waals surface area contributed by atoms with E-state index in [2.05, 4.69) is 42.3 Å². The summed E-state index contributed by atoms with van der Waals surface area (Å²) in [6.07, 6.45) is 5.44. The minimum absolute atomic E-state index is 0.861. The molecule has 0 aliphatic carbocycles. The lowest BCUT2D eigenvalue weighted by Gasteiger charge is -2.19. The molecule has 0 N–H and O–H groups in total. The normalized spacial score (nSPS) is 23.7. The molecular formula is C14H21N. The fourth-order valence-corrected chi connectivity index (χ4v) is 2.55. The van der Waals surface area contributed by atoms with Crippen LogP contribution in [0.5, 0.6) is 0 Å². The molecule has 0 amide bonds. The zero-order valence-electron chi connectivity index (χ0n) is 9.65. The third kappa shape index (κ3) is 3.35. The Labute approximate surface area is 93.1 Å². The Bertz CT molecular complexity index is 281. The summed E-state index contributed by atoms with van der Waals surface area (Å²) in [5.74, 6) is 0.861.